The molecule has 0 spiro atoms. The fourth-order valence-electron chi connectivity index (χ4n) is 1.53. The summed E-state index contributed by atoms with van der Waals surface area (Å²) in [5.41, 5.74) is 7.00. The number of hydrogen-bond donors (Lipinski definition) is 2. The number of halogens is 1. The van der Waals surface area contributed by atoms with Gasteiger partial charge in [0.05, 0.1) is 0 Å². The number of hydrogen-bond acceptors (Lipinski definition) is 4. The molecule has 0 aliphatic rings. The fourth-order valence-corrected chi connectivity index (χ4v) is 4.06. The Hall–Kier alpha value is -0.890. The van der Waals surface area contributed by atoms with E-state index >= 15 is 0 Å². The molecule has 102 valence electrons. The molecule has 0 saturated carbocycles. The molecule has 0 fully saturated rings. The Balaban J connectivity index is 2.28. The van der Waals surface area contributed by atoms with Crippen molar-refractivity contribution in [2.24, 2.45) is 5.73 Å². The van der Waals surface area contributed by atoms with Gasteiger partial charge in [-0.1, -0.05) is 15.9 Å². The van der Waals surface area contributed by atoms with E-state index in [4.69, 9.17) is 5.73 Å². The Morgan fingerprint density at radius 3 is 2.63 bits per heavy atom. The molecule has 0 atom stereocenters. The first kappa shape index (κ1) is 14.5. The van der Waals surface area contributed by atoms with E-state index in [0.717, 1.165) is 14.9 Å². The van der Waals surface area contributed by atoms with E-state index < -0.39 is 10.0 Å². The van der Waals surface area contributed by atoms with Gasteiger partial charge >= 0.3 is 0 Å². The quantitative estimate of drug-likeness (QED) is 0.879. The molecule has 0 aliphatic heterocycles. The van der Waals surface area contributed by atoms with Crippen molar-refractivity contribution in [3.05, 3.63) is 45.2 Å². The first-order valence-electron chi connectivity index (χ1n) is 5.50. The van der Waals surface area contributed by atoms with E-state index in [9.17, 15) is 8.42 Å². The van der Waals surface area contributed by atoms with Crippen LogP contribution in [0.4, 0.5) is 5.69 Å². The number of benzene rings is 1. The maximum absolute atomic E-state index is 12.2. The van der Waals surface area contributed by atoms with Crippen molar-refractivity contribution in [1.82, 2.24) is 0 Å². The lowest BCUT2D eigenvalue weighted by atomic mass is 10.2. The number of anilines is 1. The van der Waals surface area contributed by atoms with Gasteiger partial charge in [0.15, 0.2) is 0 Å². The smallest absolute Gasteiger partial charge is 0.271 e. The van der Waals surface area contributed by atoms with Crippen LogP contribution in [0, 0.1) is 6.92 Å². The molecule has 1 aromatic carbocycles. The molecule has 0 saturated heterocycles. The number of nitrogens with one attached hydrogen (secondary N) is 1. The van der Waals surface area contributed by atoms with Gasteiger partial charge in [-0.05, 0) is 42.8 Å². The van der Waals surface area contributed by atoms with Gasteiger partial charge < -0.3 is 5.73 Å². The number of aryl methyl sites for hydroxylation is 1. The van der Waals surface area contributed by atoms with Crippen LogP contribution in [-0.2, 0) is 16.6 Å². The zero-order valence-electron chi connectivity index (χ0n) is 10.2. The molecule has 1 heterocycles. The lowest BCUT2D eigenvalue weighted by molar-refractivity contribution is 0.603. The molecule has 3 N–H and O–H groups in total. The highest BCUT2D eigenvalue weighted by Gasteiger charge is 2.16. The molecule has 4 nitrogen and oxygen atoms in total. The Bertz CT molecular complexity index is 696. The minimum atomic E-state index is -3.53. The standard InChI is InChI=1S/C12H13BrN2O2S2/c1-8-6-9(2-4-11(8)13)15-19(16,17)12-5-3-10(7-14)18-12/h2-6,15H,7,14H2,1H3. The highest BCUT2D eigenvalue weighted by molar-refractivity contribution is 9.10. The molecule has 0 bridgehead atoms. The van der Waals surface area contributed by atoms with Crippen molar-refractivity contribution in [1.29, 1.82) is 0 Å². The highest BCUT2D eigenvalue weighted by atomic mass is 79.9. The number of rotatable bonds is 4. The molecule has 0 unspecified atom stereocenters. The van der Waals surface area contributed by atoms with Crippen molar-refractivity contribution < 1.29 is 8.42 Å². The lowest BCUT2D eigenvalue weighted by Crippen LogP contribution is -2.11. The van der Waals surface area contributed by atoms with Crippen LogP contribution in [0.5, 0.6) is 0 Å². The third-order valence-corrected chi connectivity index (χ3v) is 6.38. The van der Waals surface area contributed by atoms with E-state index in [1.54, 1.807) is 24.3 Å². The second-order valence-corrected chi connectivity index (χ2v) is 7.93. The zero-order chi connectivity index (χ0) is 14.0. The number of nitrogens with two attached hydrogens (primary N) is 1. The third-order valence-electron chi connectivity index (χ3n) is 2.51. The molecule has 2 aromatic rings. The molecule has 0 radical (unpaired) electrons. The lowest BCUT2D eigenvalue weighted by Gasteiger charge is -2.07. The normalized spacial score (nSPS) is 11.5. The molecular formula is C12H13BrN2O2S2. The molecule has 0 amide bonds. The predicted molar refractivity (Wildman–Crippen MR) is 81.9 cm³/mol. The Labute approximate surface area is 124 Å². The summed E-state index contributed by atoms with van der Waals surface area (Å²) in [5, 5.41) is 0. The molecule has 0 aliphatic carbocycles. The van der Waals surface area contributed by atoms with E-state index in [0.29, 0.717) is 12.2 Å². The van der Waals surface area contributed by atoms with Crippen molar-refractivity contribution >= 4 is 43.0 Å². The zero-order valence-corrected chi connectivity index (χ0v) is 13.4. The predicted octanol–water partition coefficient (Wildman–Crippen LogP) is 3.08. The van der Waals surface area contributed by atoms with Gasteiger partial charge in [-0.2, -0.15) is 0 Å². The van der Waals surface area contributed by atoms with Crippen molar-refractivity contribution in [2.75, 3.05) is 4.72 Å². The van der Waals surface area contributed by atoms with Gasteiger partial charge in [0, 0.05) is 21.6 Å². The van der Waals surface area contributed by atoms with Crippen molar-refractivity contribution in [3.63, 3.8) is 0 Å². The van der Waals surface area contributed by atoms with E-state index in [2.05, 4.69) is 20.7 Å². The number of sulfonamides is 1. The Morgan fingerprint density at radius 2 is 2.05 bits per heavy atom. The topological polar surface area (TPSA) is 72.2 Å². The summed E-state index contributed by atoms with van der Waals surface area (Å²) in [6.07, 6.45) is 0. The summed E-state index contributed by atoms with van der Waals surface area (Å²) in [7, 11) is -3.53. The van der Waals surface area contributed by atoms with E-state index in [-0.39, 0.29) is 4.21 Å². The maximum Gasteiger partial charge on any atom is 0.271 e. The Kier molecular flexibility index (Phi) is 4.29. The van der Waals surface area contributed by atoms with Gasteiger partial charge in [0.25, 0.3) is 10.0 Å². The van der Waals surface area contributed by atoms with Gasteiger partial charge in [-0.15, -0.1) is 11.3 Å². The van der Waals surface area contributed by atoms with Gasteiger partial charge in [-0.25, -0.2) is 8.42 Å². The molecule has 7 heteroatoms. The van der Waals surface area contributed by atoms with E-state index in [1.165, 1.54) is 11.3 Å². The summed E-state index contributed by atoms with van der Waals surface area (Å²) in [4.78, 5) is 0.840. The van der Waals surface area contributed by atoms with Crippen LogP contribution < -0.4 is 10.5 Å². The summed E-state index contributed by atoms with van der Waals surface area (Å²) >= 11 is 4.56. The fraction of sp³-hybridized carbons (Fsp3) is 0.167. The number of thiophene rings is 1. The first-order chi connectivity index (χ1) is 8.92. The Morgan fingerprint density at radius 1 is 1.32 bits per heavy atom. The minimum Gasteiger partial charge on any atom is -0.326 e. The van der Waals surface area contributed by atoms with Crippen LogP contribution in [0.2, 0.25) is 0 Å². The van der Waals surface area contributed by atoms with Crippen LogP contribution in [0.3, 0.4) is 0 Å². The second-order valence-electron chi connectivity index (χ2n) is 3.99. The SMILES string of the molecule is Cc1cc(NS(=O)(=O)c2ccc(CN)s2)ccc1Br. The van der Waals surface area contributed by atoms with Gasteiger partial charge in [-0.3, -0.25) is 4.72 Å². The van der Waals surface area contributed by atoms with Crippen molar-refractivity contribution in [3.8, 4) is 0 Å². The maximum atomic E-state index is 12.2. The minimum absolute atomic E-state index is 0.272. The van der Waals surface area contributed by atoms with Crippen LogP contribution in [0.1, 0.15) is 10.4 Å². The van der Waals surface area contributed by atoms with E-state index in [1.807, 2.05) is 13.0 Å². The van der Waals surface area contributed by atoms with Crippen LogP contribution in [-0.4, -0.2) is 8.42 Å². The summed E-state index contributed by atoms with van der Waals surface area (Å²) in [6, 6.07) is 8.60. The first-order valence-corrected chi connectivity index (χ1v) is 8.59. The third kappa shape index (κ3) is 3.36. The summed E-state index contributed by atoms with van der Waals surface area (Å²) in [6.45, 7) is 2.25. The molecule has 2 rings (SSSR count). The van der Waals surface area contributed by atoms with Crippen LogP contribution in [0.15, 0.2) is 39.0 Å². The van der Waals surface area contributed by atoms with Crippen LogP contribution >= 0.6 is 27.3 Å². The van der Waals surface area contributed by atoms with Crippen molar-refractivity contribution in [2.45, 2.75) is 17.7 Å². The average molecular weight is 361 g/mol. The monoisotopic (exact) mass is 360 g/mol. The summed E-state index contributed by atoms with van der Waals surface area (Å²) < 4.78 is 28.1. The average Bonchev–Trinajstić information content (AvgIpc) is 2.83. The van der Waals surface area contributed by atoms with Gasteiger partial charge in [0.2, 0.25) is 0 Å². The highest BCUT2D eigenvalue weighted by Crippen LogP contribution is 2.25. The van der Waals surface area contributed by atoms with Gasteiger partial charge in [0.1, 0.15) is 4.21 Å². The molecular weight excluding hydrogens is 348 g/mol. The second kappa shape index (κ2) is 5.62. The summed E-state index contributed by atoms with van der Waals surface area (Å²) in [5.74, 6) is 0. The largest absolute Gasteiger partial charge is 0.326 e. The molecule has 1 aromatic heterocycles. The molecule has 19 heavy (non-hydrogen) atoms. The van der Waals surface area contributed by atoms with Crippen LogP contribution in [0.25, 0.3) is 0 Å².